The van der Waals surface area contributed by atoms with Gasteiger partial charge in [0.1, 0.15) is 17.4 Å². The molecule has 0 saturated carbocycles. The number of nitrogen functional groups attached to an aromatic ring is 1. The molecule has 2 aromatic rings. The molecule has 0 unspecified atom stereocenters. The van der Waals surface area contributed by atoms with Crippen molar-refractivity contribution in [2.75, 3.05) is 25.2 Å². The average molecular weight is 445 g/mol. The maximum absolute atomic E-state index is 12.4. The van der Waals surface area contributed by atoms with Gasteiger partial charge in [0.05, 0.1) is 13.7 Å². The van der Waals surface area contributed by atoms with Crippen LogP contribution in [0.5, 0.6) is 5.75 Å². The lowest BCUT2D eigenvalue weighted by atomic mass is 10.1. The number of hydrogen-bond donors (Lipinski definition) is 2. The van der Waals surface area contributed by atoms with Crippen LogP contribution in [-0.4, -0.2) is 51.6 Å². The molecule has 0 spiro atoms. The van der Waals surface area contributed by atoms with Gasteiger partial charge in [-0.25, -0.2) is 9.97 Å². The molecule has 0 radical (unpaired) electrons. The highest BCUT2D eigenvalue weighted by atomic mass is 32.2. The van der Waals surface area contributed by atoms with Crippen LogP contribution in [0.2, 0.25) is 0 Å². The lowest BCUT2D eigenvalue weighted by Crippen LogP contribution is -2.22. The second-order valence-corrected chi connectivity index (χ2v) is 7.98. The van der Waals surface area contributed by atoms with E-state index < -0.39 is 0 Å². The molecule has 1 aromatic heterocycles. The summed E-state index contributed by atoms with van der Waals surface area (Å²) >= 11 is 1.46. The van der Waals surface area contributed by atoms with E-state index in [1.165, 1.54) is 16.7 Å². The summed E-state index contributed by atoms with van der Waals surface area (Å²) in [6.07, 6.45) is 3.04. The van der Waals surface area contributed by atoms with Gasteiger partial charge in [-0.15, -0.1) is 11.8 Å². The van der Waals surface area contributed by atoms with Crippen molar-refractivity contribution in [3.63, 3.8) is 0 Å². The second kappa shape index (κ2) is 12.1. The number of allylic oxidation sites excluding steroid dienone is 1. The third-order valence-corrected chi connectivity index (χ3v) is 5.93. The maximum Gasteiger partial charge on any atom is 0.214 e. The Labute approximate surface area is 186 Å². The molecule has 1 aromatic carbocycles. The van der Waals surface area contributed by atoms with Crippen molar-refractivity contribution in [3.8, 4) is 5.75 Å². The van der Waals surface area contributed by atoms with Crippen LogP contribution < -0.4 is 10.5 Å². The Morgan fingerprint density at radius 1 is 1.29 bits per heavy atom. The van der Waals surface area contributed by atoms with Crippen molar-refractivity contribution in [3.05, 3.63) is 58.0 Å². The summed E-state index contributed by atoms with van der Waals surface area (Å²) in [5.41, 5.74) is 7.91. The first-order chi connectivity index (χ1) is 14.9. The number of aryl methyl sites for hydroxylation is 1. The Balaban J connectivity index is 2.06. The maximum atomic E-state index is 12.4. The van der Waals surface area contributed by atoms with Crippen LogP contribution in [0.25, 0.3) is 0 Å². The highest BCUT2D eigenvalue weighted by Crippen LogP contribution is 2.27. The summed E-state index contributed by atoms with van der Waals surface area (Å²) in [5.74, 6) is 2.13. The largest absolute Gasteiger partial charge is 0.497 e. The normalized spacial score (nSPS) is 11.6. The number of nitrogens with zero attached hydrogens (tertiary/aromatic N) is 3. The zero-order valence-corrected chi connectivity index (χ0v) is 18.8. The van der Waals surface area contributed by atoms with Crippen LogP contribution in [0.4, 0.5) is 5.82 Å². The van der Waals surface area contributed by atoms with Crippen LogP contribution in [-0.2, 0) is 11.3 Å². The topological polar surface area (TPSA) is 119 Å². The first kappa shape index (κ1) is 24.4. The molecule has 2 rings (SSSR count). The highest BCUT2D eigenvalue weighted by Gasteiger charge is 2.15. The fraction of sp³-hybridized carbons (Fsp3) is 0.364. The number of aromatic nitrogens is 2. The minimum Gasteiger partial charge on any atom is -0.497 e. The molecular formula is C22H28N4O4S. The van der Waals surface area contributed by atoms with Crippen molar-refractivity contribution in [1.29, 1.82) is 0 Å². The number of hydrogen-bond acceptors (Lipinski definition) is 8. The summed E-state index contributed by atoms with van der Waals surface area (Å²) in [4.78, 5) is 34.8. The first-order valence-corrected chi connectivity index (χ1v) is 10.8. The molecule has 1 amide bonds. The highest BCUT2D eigenvalue weighted by molar-refractivity contribution is 8.03. The molecular weight excluding hydrogens is 416 g/mol. The number of carbonyl (C=O) groups is 2. The number of ketones is 1. The van der Waals surface area contributed by atoms with Gasteiger partial charge < -0.3 is 20.5 Å². The predicted octanol–water partition coefficient (Wildman–Crippen LogP) is 2.95. The molecule has 31 heavy (non-hydrogen) atoms. The molecule has 3 N–H and O–H groups in total. The van der Waals surface area contributed by atoms with E-state index in [9.17, 15) is 14.7 Å². The van der Waals surface area contributed by atoms with Crippen molar-refractivity contribution in [2.24, 2.45) is 0 Å². The third-order valence-electron chi connectivity index (χ3n) is 4.68. The predicted molar refractivity (Wildman–Crippen MR) is 122 cm³/mol. The Kier molecular flexibility index (Phi) is 9.48. The van der Waals surface area contributed by atoms with Gasteiger partial charge in [-0.2, -0.15) is 0 Å². The summed E-state index contributed by atoms with van der Waals surface area (Å²) in [6, 6.07) is 6.99. The number of benzene rings is 1. The zero-order valence-electron chi connectivity index (χ0n) is 18.0. The number of methoxy groups -OCH3 is 1. The van der Waals surface area contributed by atoms with Gasteiger partial charge in [0.25, 0.3) is 0 Å². The fourth-order valence-corrected chi connectivity index (χ4v) is 3.96. The number of rotatable bonds is 12. The second-order valence-electron chi connectivity index (χ2n) is 6.79. The SMILES string of the molecule is COc1ccc(C(=O)CCSC(CCO)=C(C)N(C=O)Cc2cnc(C)nc2N)cc1. The molecule has 1 heterocycles. The van der Waals surface area contributed by atoms with E-state index >= 15 is 0 Å². The van der Waals surface area contributed by atoms with Crippen molar-refractivity contribution < 1.29 is 19.4 Å². The minimum atomic E-state index is -0.0609. The standard InChI is InChI=1S/C22H28N4O4S/c1-15(26(14-28)13-18-12-24-16(2)25-22(18)23)21(8-10-27)31-11-9-20(29)17-4-6-19(30-3)7-5-17/h4-7,12,14,27H,8-11,13H2,1-3H3,(H2,23,24,25). The van der Waals surface area contributed by atoms with E-state index in [4.69, 9.17) is 10.5 Å². The van der Waals surface area contributed by atoms with Gasteiger partial charge in [0.2, 0.25) is 6.41 Å². The monoisotopic (exact) mass is 444 g/mol. The molecule has 0 saturated heterocycles. The van der Waals surface area contributed by atoms with E-state index in [1.54, 1.807) is 44.5 Å². The van der Waals surface area contributed by atoms with Gasteiger partial charge in [-0.3, -0.25) is 9.59 Å². The molecule has 0 atom stereocenters. The number of carbonyl (C=O) groups excluding carboxylic acids is 2. The van der Waals surface area contributed by atoms with Gasteiger partial charge >= 0.3 is 0 Å². The molecule has 9 heteroatoms. The van der Waals surface area contributed by atoms with Crippen LogP contribution in [0, 0.1) is 6.92 Å². The van der Waals surface area contributed by atoms with Crippen LogP contribution in [0.15, 0.2) is 41.1 Å². The van der Waals surface area contributed by atoms with Crippen LogP contribution in [0.3, 0.4) is 0 Å². The third kappa shape index (κ3) is 7.08. The average Bonchev–Trinajstić information content (AvgIpc) is 2.77. The Morgan fingerprint density at radius 3 is 2.58 bits per heavy atom. The Morgan fingerprint density at radius 2 is 2.00 bits per heavy atom. The number of aliphatic hydroxyl groups is 1. The van der Waals surface area contributed by atoms with Crippen molar-refractivity contribution >= 4 is 29.8 Å². The molecule has 0 aliphatic carbocycles. The van der Waals surface area contributed by atoms with Crippen LogP contribution >= 0.6 is 11.8 Å². The smallest absolute Gasteiger partial charge is 0.214 e. The van der Waals surface area contributed by atoms with E-state index in [-0.39, 0.29) is 18.9 Å². The number of anilines is 1. The minimum absolute atomic E-state index is 0.0213. The molecule has 0 bridgehead atoms. The summed E-state index contributed by atoms with van der Waals surface area (Å²) in [7, 11) is 1.58. The lowest BCUT2D eigenvalue weighted by molar-refractivity contribution is -0.116. The van der Waals surface area contributed by atoms with Crippen molar-refractivity contribution in [1.82, 2.24) is 14.9 Å². The number of amides is 1. The first-order valence-electron chi connectivity index (χ1n) is 9.80. The van der Waals surface area contributed by atoms with E-state index in [2.05, 4.69) is 9.97 Å². The number of Topliss-reactive ketones (excluding diaryl/α,β-unsaturated/α-hetero) is 1. The van der Waals surface area contributed by atoms with Gasteiger partial charge in [0.15, 0.2) is 5.78 Å². The number of ether oxygens (including phenoxy) is 1. The number of aliphatic hydroxyl groups excluding tert-OH is 1. The summed E-state index contributed by atoms with van der Waals surface area (Å²) in [5, 5.41) is 9.47. The molecule has 0 aliphatic heterocycles. The number of nitrogens with two attached hydrogens (primary N) is 1. The quantitative estimate of drug-likeness (QED) is 0.379. The van der Waals surface area contributed by atoms with Gasteiger partial charge in [-0.1, -0.05) is 0 Å². The zero-order chi connectivity index (χ0) is 22.8. The van der Waals surface area contributed by atoms with E-state index in [0.29, 0.717) is 52.8 Å². The van der Waals surface area contributed by atoms with E-state index in [1.807, 2.05) is 6.92 Å². The fourth-order valence-electron chi connectivity index (χ4n) is 2.86. The van der Waals surface area contributed by atoms with Gasteiger partial charge in [0, 0.05) is 53.1 Å². The van der Waals surface area contributed by atoms with Gasteiger partial charge in [-0.05, 0) is 38.1 Å². The summed E-state index contributed by atoms with van der Waals surface area (Å²) < 4.78 is 5.11. The molecule has 0 fully saturated rings. The van der Waals surface area contributed by atoms with Crippen LogP contribution in [0.1, 0.15) is 41.5 Å². The molecule has 166 valence electrons. The summed E-state index contributed by atoms with van der Waals surface area (Å²) in [6.45, 7) is 3.71. The Hall–Kier alpha value is -2.91. The van der Waals surface area contributed by atoms with E-state index in [0.717, 1.165) is 11.3 Å². The lowest BCUT2D eigenvalue weighted by Gasteiger charge is -2.22. The number of thioether (sulfide) groups is 1. The molecule has 0 aliphatic rings. The molecule has 8 nitrogen and oxygen atoms in total. The Bertz CT molecular complexity index is 932. The van der Waals surface area contributed by atoms with Crippen molar-refractivity contribution in [2.45, 2.75) is 33.2 Å².